The number of hydrogen-bond acceptors (Lipinski definition) is 4. The molecule has 0 aliphatic carbocycles. The molecule has 0 aliphatic rings. The number of esters is 1. The van der Waals surface area contributed by atoms with Crippen LogP contribution in [0.5, 0.6) is 0 Å². The lowest BCUT2D eigenvalue weighted by atomic mass is 10.2. The maximum absolute atomic E-state index is 11.5. The van der Waals surface area contributed by atoms with Crippen molar-refractivity contribution in [2.45, 2.75) is 26.8 Å². The molecule has 0 aromatic rings. The first-order valence-electron chi connectivity index (χ1n) is 5.25. The maximum atomic E-state index is 11.5. The minimum Gasteiger partial charge on any atom is -0.466 e. The number of rotatable bonds is 6. The molecule has 0 heterocycles. The molecule has 0 saturated heterocycles. The summed E-state index contributed by atoms with van der Waals surface area (Å²) in [5, 5.41) is 5.56. The molecule has 0 fully saturated rings. The van der Waals surface area contributed by atoms with Crippen molar-refractivity contribution in [1.82, 2.24) is 10.6 Å². The van der Waals surface area contributed by atoms with E-state index >= 15 is 0 Å². The second-order valence-corrected chi connectivity index (χ2v) is 3.88. The van der Waals surface area contributed by atoms with Crippen LogP contribution in [0.4, 0.5) is 0 Å². The van der Waals surface area contributed by atoms with Gasteiger partial charge in [0.05, 0.1) is 7.11 Å². The van der Waals surface area contributed by atoms with Crippen molar-refractivity contribution in [3.63, 3.8) is 0 Å². The van der Waals surface area contributed by atoms with Crippen molar-refractivity contribution in [2.24, 2.45) is 5.92 Å². The van der Waals surface area contributed by atoms with Gasteiger partial charge >= 0.3 is 5.97 Å². The van der Waals surface area contributed by atoms with E-state index in [4.69, 9.17) is 0 Å². The molecule has 2 N–H and O–H groups in total. The topological polar surface area (TPSA) is 67.4 Å². The zero-order valence-electron chi connectivity index (χ0n) is 10.2. The second-order valence-electron chi connectivity index (χ2n) is 3.88. The highest BCUT2D eigenvalue weighted by Crippen LogP contribution is 1.89. The molecule has 16 heavy (non-hydrogen) atoms. The average molecular weight is 228 g/mol. The van der Waals surface area contributed by atoms with Crippen LogP contribution in [0.2, 0.25) is 0 Å². The Bertz CT molecular complexity index is 262. The van der Waals surface area contributed by atoms with Gasteiger partial charge in [-0.3, -0.25) is 4.79 Å². The monoisotopic (exact) mass is 228 g/mol. The van der Waals surface area contributed by atoms with Crippen LogP contribution in [0.25, 0.3) is 0 Å². The number of carbonyl (C=O) groups excluding carboxylic acids is 2. The number of hydrogen-bond donors (Lipinski definition) is 2. The van der Waals surface area contributed by atoms with Crippen LogP contribution in [0.3, 0.4) is 0 Å². The minimum absolute atomic E-state index is 0.0942. The summed E-state index contributed by atoms with van der Waals surface area (Å²) >= 11 is 0. The molecule has 1 atom stereocenters. The molecule has 0 saturated carbocycles. The third-order valence-electron chi connectivity index (χ3n) is 1.84. The van der Waals surface area contributed by atoms with Crippen LogP contribution in [0.15, 0.2) is 12.3 Å². The molecule has 1 amide bonds. The summed E-state index contributed by atoms with van der Waals surface area (Å²) in [6, 6.07) is -0.375. The van der Waals surface area contributed by atoms with E-state index < -0.39 is 5.97 Å². The van der Waals surface area contributed by atoms with Gasteiger partial charge in [0.15, 0.2) is 0 Å². The van der Waals surface area contributed by atoms with Crippen LogP contribution in [-0.2, 0) is 14.3 Å². The van der Waals surface area contributed by atoms with Gasteiger partial charge in [0.25, 0.3) is 0 Å². The summed E-state index contributed by atoms with van der Waals surface area (Å²) in [7, 11) is 1.30. The molecule has 0 radical (unpaired) electrons. The summed E-state index contributed by atoms with van der Waals surface area (Å²) < 4.78 is 4.41. The molecular weight excluding hydrogens is 208 g/mol. The van der Waals surface area contributed by atoms with Crippen molar-refractivity contribution in [1.29, 1.82) is 0 Å². The Labute approximate surface area is 96.2 Å². The summed E-state index contributed by atoms with van der Waals surface area (Å²) in [5.41, 5.74) is 0. The molecular formula is C11H20N2O3. The molecule has 0 aliphatic heterocycles. The van der Waals surface area contributed by atoms with Gasteiger partial charge in [-0.1, -0.05) is 13.8 Å². The Morgan fingerprint density at radius 2 is 1.94 bits per heavy atom. The normalized spacial score (nSPS) is 12.6. The zero-order chi connectivity index (χ0) is 12.6. The molecule has 0 bridgehead atoms. The summed E-state index contributed by atoms with van der Waals surface area (Å²) in [6.07, 6.45) is 2.64. The molecule has 1 unspecified atom stereocenters. The van der Waals surface area contributed by atoms with Crippen LogP contribution < -0.4 is 10.6 Å². The minimum atomic E-state index is -0.456. The Balaban J connectivity index is 3.87. The molecule has 0 rings (SSSR count). The quantitative estimate of drug-likeness (QED) is 0.511. The standard InChI is InChI=1S/C11H20N2O3/c1-8(2)7-13-11(15)9(3)12-6-5-10(14)16-4/h5-6,8-9,12H,7H2,1-4H3,(H,13,15)/b6-5+. The van der Waals surface area contributed by atoms with Gasteiger partial charge in [-0.05, 0) is 12.8 Å². The van der Waals surface area contributed by atoms with E-state index in [-0.39, 0.29) is 11.9 Å². The number of carbonyl (C=O) groups is 2. The van der Waals surface area contributed by atoms with Gasteiger partial charge in [0.2, 0.25) is 5.91 Å². The van der Waals surface area contributed by atoms with Crippen molar-refractivity contribution >= 4 is 11.9 Å². The first-order valence-corrected chi connectivity index (χ1v) is 5.25. The van der Waals surface area contributed by atoms with Gasteiger partial charge in [0.1, 0.15) is 6.04 Å². The Morgan fingerprint density at radius 3 is 2.44 bits per heavy atom. The summed E-state index contributed by atoms with van der Waals surface area (Å²) in [4.78, 5) is 22.2. The fourth-order valence-corrected chi connectivity index (χ4v) is 0.862. The highest BCUT2D eigenvalue weighted by Gasteiger charge is 2.10. The van der Waals surface area contributed by atoms with E-state index in [1.807, 2.05) is 13.8 Å². The fourth-order valence-electron chi connectivity index (χ4n) is 0.862. The summed E-state index contributed by atoms with van der Waals surface area (Å²) in [6.45, 7) is 6.41. The Kier molecular flexibility index (Phi) is 7.00. The first kappa shape index (κ1) is 14.5. The van der Waals surface area contributed by atoms with E-state index in [0.717, 1.165) is 0 Å². The van der Waals surface area contributed by atoms with Crippen LogP contribution in [-0.4, -0.2) is 31.6 Å². The van der Waals surface area contributed by atoms with Gasteiger partial charge in [-0.15, -0.1) is 0 Å². The molecule has 92 valence electrons. The van der Waals surface area contributed by atoms with E-state index in [0.29, 0.717) is 12.5 Å². The number of amides is 1. The van der Waals surface area contributed by atoms with Crippen LogP contribution in [0, 0.1) is 5.92 Å². The van der Waals surface area contributed by atoms with E-state index in [2.05, 4.69) is 15.4 Å². The highest BCUT2D eigenvalue weighted by atomic mass is 16.5. The number of methoxy groups -OCH3 is 1. The lowest BCUT2D eigenvalue weighted by Gasteiger charge is -2.13. The van der Waals surface area contributed by atoms with Gasteiger partial charge < -0.3 is 15.4 Å². The van der Waals surface area contributed by atoms with E-state index in [1.165, 1.54) is 19.4 Å². The molecule has 0 aromatic carbocycles. The van der Waals surface area contributed by atoms with Gasteiger partial charge in [0, 0.05) is 18.8 Å². The fraction of sp³-hybridized carbons (Fsp3) is 0.636. The second kappa shape index (κ2) is 7.73. The lowest BCUT2D eigenvalue weighted by molar-refractivity contribution is -0.135. The smallest absolute Gasteiger partial charge is 0.331 e. The Morgan fingerprint density at radius 1 is 1.31 bits per heavy atom. The maximum Gasteiger partial charge on any atom is 0.331 e. The average Bonchev–Trinajstić information content (AvgIpc) is 2.25. The predicted octanol–water partition coefficient (Wildman–Crippen LogP) is 0.423. The first-order chi connectivity index (χ1) is 7.47. The Hall–Kier alpha value is -1.52. The van der Waals surface area contributed by atoms with Crippen molar-refractivity contribution in [2.75, 3.05) is 13.7 Å². The predicted molar refractivity (Wildman–Crippen MR) is 61.6 cm³/mol. The molecule has 0 spiro atoms. The highest BCUT2D eigenvalue weighted by molar-refractivity contribution is 5.83. The lowest BCUT2D eigenvalue weighted by Crippen LogP contribution is -2.41. The van der Waals surface area contributed by atoms with Gasteiger partial charge in [-0.2, -0.15) is 0 Å². The van der Waals surface area contributed by atoms with Crippen molar-refractivity contribution < 1.29 is 14.3 Å². The number of nitrogens with one attached hydrogen (secondary N) is 2. The van der Waals surface area contributed by atoms with Gasteiger partial charge in [-0.25, -0.2) is 4.79 Å². The largest absolute Gasteiger partial charge is 0.466 e. The van der Waals surface area contributed by atoms with E-state index in [9.17, 15) is 9.59 Å². The molecule has 0 aromatic heterocycles. The van der Waals surface area contributed by atoms with Crippen molar-refractivity contribution in [3.05, 3.63) is 12.3 Å². The summed E-state index contributed by atoms with van der Waals surface area (Å²) in [5.74, 6) is -0.132. The van der Waals surface area contributed by atoms with Crippen molar-refractivity contribution in [3.8, 4) is 0 Å². The third-order valence-corrected chi connectivity index (χ3v) is 1.84. The molecule has 5 nitrogen and oxygen atoms in total. The third kappa shape index (κ3) is 6.86. The number of ether oxygens (including phenoxy) is 1. The van der Waals surface area contributed by atoms with Crippen LogP contribution in [0.1, 0.15) is 20.8 Å². The van der Waals surface area contributed by atoms with E-state index in [1.54, 1.807) is 6.92 Å². The van der Waals surface area contributed by atoms with Crippen LogP contribution >= 0.6 is 0 Å². The SMILES string of the molecule is COC(=O)/C=C/NC(C)C(=O)NCC(C)C. The molecule has 5 heteroatoms. The zero-order valence-corrected chi connectivity index (χ0v) is 10.2.